The molecule has 2 N–H and O–H groups in total. The standard InChI is InChI=1S/C18H18FN3O2S/c1-25(23,24)18-4-2-13(3-5-18)11-22-12-16(10-21-22)15-6-14(9-20)7-17(19)8-15/h2-8,10,12H,9,11,20H2,1H3. The molecule has 1 aromatic heterocycles. The molecule has 0 spiro atoms. The van der Waals surface area contributed by atoms with Crippen molar-refractivity contribution < 1.29 is 12.8 Å². The van der Waals surface area contributed by atoms with Gasteiger partial charge in [0.2, 0.25) is 0 Å². The third kappa shape index (κ3) is 4.12. The van der Waals surface area contributed by atoms with E-state index in [0.29, 0.717) is 6.54 Å². The Bertz CT molecular complexity index is 995. The lowest BCUT2D eigenvalue weighted by atomic mass is 10.1. The van der Waals surface area contributed by atoms with Crippen LogP contribution in [-0.4, -0.2) is 24.5 Å². The predicted molar refractivity (Wildman–Crippen MR) is 94.2 cm³/mol. The van der Waals surface area contributed by atoms with Crippen molar-refractivity contribution in [3.63, 3.8) is 0 Å². The van der Waals surface area contributed by atoms with Crippen LogP contribution < -0.4 is 5.73 Å². The molecule has 0 amide bonds. The minimum absolute atomic E-state index is 0.269. The van der Waals surface area contributed by atoms with Crippen molar-refractivity contribution in [1.29, 1.82) is 0 Å². The summed E-state index contributed by atoms with van der Waals surface area (Å²) < 4.78 is 38.3. The van der Waals surface area contributed by atoms with Crippen molar-refractivity contribution in [3.05, 3.63) is 71.8 Å². The van der Waals surface area contributed by atoms with Crippen LogP contribution in [0.3, 0.4) is 0 Å². The molecule has 0 atom stereocenters. The van der Waals surface area contributed by atoms with Crippen molar-refractivity contribution in [1.82, 2.24) is 9.78 Å². The van der Waals surface area contributed by atoms with E-state index >= 15 is 0 Å². The molecule has 0 saturated heterocycles. The van der Waals surface area contributed by atoms with Gasteiger partial charge in [-0.1, -0.05) is 12.1 Å². The molecule has 0 radical (unpaired) electrons. The zero-order valence-electron chi connectivity index (χ0n) is 13.7. The zero-order valence-corrected chi connectivity index (χ0v) is 14.5. The fourth-order valence-corrected chi connectivity index (χ4v) is 3.19. The topological polar surface area (TPSA) is 78.0 Å². The molecule has 3 rings (SSSR count). The molecule has 7 heteroatoms. The number of halogens is 1. The van der Waals surface area contributed by atoms with Crippen LogP contribution in [0.1, 0.15) is 11.1 Å². The Morgan fingerprint density at radius 2 is 1.80 bits per heavy atom. The number of rotatable bonds is 5. The minimum Gasteiger partial charge on any atom is -0.326 e. The van der Waals surface area contributed by atoms with Gasteiger partial charge in [0.05, 0.1) is 17.6 Å². The molecule has 130 valence electrons. The van der Waals surface area contributed by atoms with Gasteiger partial charge in [-0.3, -0.25) is 4.68 Å². The Labute approximate surface area is 145 Å². The van der Waals surface area contributed by atoms with Crippen LogP contribution in [0.2, 0.25) is 0 Å². The summed E-state index contributed by atoms with van der Waals surface area (Å²) in [5, 5.41) is 4.29. The van der Waals surface area contributed by atoms with Crippen molar-refractivity contribution in [2.45, 2.75) is 18.0 Å². The molecule has 0 aliphatic carbocycles. The quantitative estimate of drug-likeness (QED) is 0.759. The van der Waals surface area contributed by atoms with E-state index < -0.39 is 9.84 Å². The number of hydrogen-bond donors (Lipinski definition) is 1. The van der Waals surface area contributed by atoms with Gasteiger partial charge in [0.25, 0.3) is 0 Å². The first-order chi connectivity index (χ1) is 11.8. The van der Waals surface area contributed by atoms with E-state index in [-0.39, 0.29) is 17.3 Å². The molecule has 0 saturated carbocycles. The average molecular weight is 359 g/mol. The second kappa shape index (κ2) is 6.78. The number of sulfone groups is 1. The minimum atomic E-state index is -3.20. The van der Waals surface area contributed by atoms with Crippen LogP contribution in [0.25, 0.3) is 11.1 Å². The van der Waals surface area contributed by atoms with Crippen LogP contribution in [0, 0.1) is 5.82 Å². The van der Waals surface area contributed by atoms with E-state index in [1.807, 2.05) is 12.3 Å². The van der Waals surface area contributed by atoms with Gasteiger partial charge in [-0.15, -0.1) is 0 Å². The zero-order chi connectivity index (χ0) is 18.0. The second-order valence-corrected chi connectivity index (χ2v) is 7.91. The third-order valence-corrected chi connectivity index (χ3v) is 4.98. The van der Waals surface area contributed by atoms with Crippen LogP contribution in [0.5, 0.6) is 0 Å². The normalized spacial score (nSPS) is 11.6. The first-order valence-corrected chi connectivity index (χ1v) is 9.55. The number of hydrogen-bond acceptors (Lipinski definition) is 4. The number of nitrogens with two attached hydrogens (primary N) is 1. The fourth-order valence-electron chi connectivity index (χ4n) is 2.56. The van der Waals surface area contributed by atoms with Gasteiger partial charge < -0.3 is 5.73 Å². The molecule has 2 aromatic carbocycles. The second-order valence-electron chi connectivity index (χ2n) is 5.89. The van der Waals surface area contributed by atoms with Gasteiger partial charge >= 0.3 is 0 Å². The van der Waals surface area contributed by atoms with Crippen molar-refractivity contribution >= 4 is 9.84 Å². The third-order valence-electron chi connectivity index (χ3n) is 3.86. The number of aromatic nitrogens is 2. The van der Waals surface area contributed by atoms with Crippen LogP contribution >= 0.6 is 0 Å². The van der Waals surface area contributed by atoms with E-state index in [2.05, 4.69) is 5.10 Å². The smallest absolute Gasteiger partial charge is 0.175 e. The van der Waals surface area contributed by atoms with Gasteiger partial charge in [-0.05, 0) is 47.0 Å². The maximum atomic E-state index is 13.7. The molecular formula is C18H18FN3O2S. The predicted octanol–water partition coefficient (Wildman–Crippen LogP) is 2.60. The van der Waals surface area contributed by atoms with Gasteiger partial charge in [-0.25, -0.2) is 12.8 Å². The summed E-state index contributed by atoms with van der Waals surface area (Å²) in [5.41, 5.74) is 8.74. The molecule has 0 fully saturated rings. The Balaban J connectivity index is 1.81. The molecular weight excluding hydrogens is 341 g/mol. The molecule has 0 aliphatic heterocycles. The van der Waals surface area contributed by atoms with Crippen molar-refractivity contribution in [2.24, 2.45) is 5.73 Å². The highest BCUT2D eigenvalue weighted by atomic mass is 32.2. The lowest BCUT2D eigenvalue weighted by Gasteiger charge is -2.04. The number of nitrogens with zero attached hydrogens (tertiary/aromatic N) is 2. The summed E-state index contributed by atoms with van der Waals surface area (Å²) in [5.74, 6) is -0.331. The van der Waals surface area contributed by atoms with Crippen molar-refractivity contribution in [3.8, 4) is 11.1 Å². The molecule has 0 unspecified atom stereocenters. The molecule has 3 aromatic rings. The van der Waals surface area contributed by atoms with Crippen LogP contribution in [0.4, 0.5) is 4.39 Å². The van der Waals surface area contributed by atoms with Crippen LogP contribution in [0.15, 0.2) is 59.8 Å². The highest BCUT2D eigenvalue weighted by molar-refractivity contribution is 7.90. The molecule has 0 bridgehead atoms. The summed E-state index contributed by atoms with van der Waals surface area (Å²) in [4.78, 5) is 0.284. The van der Waals surface area contributed by atoms with E-state index in [4.69, 9.17) is 5.73 Å². The Morgan fingerprint density at radius 3 is 2.44 bits per heavy atom. The maximum Gasteiger partial charge on any atom is 0.175 e. The summed E-state index contributed by atoms with van der Waals surface area (Å²) in [6.07, 6.45) is 4.66. The first kappa shape index (κ1) is 17.3. The van der Waals surface area contributed by atoms with Crippen LogP contribution in [-0.2, 0) is 22.9 Å². The van der Waals surface area contributed by atoms with E-state index in [9.17, 15) is 12.8 Å². The molecule has 5 nitrogen and oxygen atoms in total. The van der Waals surface area contributed by atoms with Gasteiger partial charge in [0, 0.05) is 24.6 Å². The first-order valence-electron chi connectivity index (χ1n) is 7.66. The Hall–Kier alpha value is -2.51. The van der Waals surface area contributed by atoms with E-state index in [0.717, 1.165) is 22.3 Å². The van der Waals surface area contributed by atoms with E-state index in [1.165, 1.54) is 18.4 Å². The molecule has 25 heavy (non-hydrogen) atoms. The summed E-state index contributed by atoms with van der Waals surface area (Å²) in [6.45, 7) is 0.759. The Kier molecular flexibility index (Phi) is 4.69. The van der Waals surface area contributed by atoms with E-state index in [1.54, 1.807) is 35.1 Å². The Morgan fingerprint density at radius 1 is 1.08 bits per heavy atom. The lowest BCUT2D eigenvalue weighted by molar-refractivity contribution is 0.601. The SMILES string of the molecule is CS(=O)(=O)c1ccc(Cn2cc(-c3cc(F)cc(CN)c3)cn2)cc1. The highest BCUT2D eigenvalue weighted by Crippen LogP contribution is 2.22. The van der Waals surface area contributed by atoms with Gasteiger partial charge in [0.1, 0.15) is 5.82 Å². The largest absolute Gasteiger partial charge is 0.326 e. The van der Waals surface area contributed by atoms with Gasteiger partial charge in [0.15, 0.2) is 9.84 Å². The highest BCUT2D eigenvalue weighted by Gasteiger charge is 2.08. The molecule has 0 aliphatic rings. The average Bonchev–Trinajstić information content (AvgIpc) is 3.02. The van der Waals surface area contributed by atoms with Crippen molar-refractivity contribution in [2.75, 3.05) is 6.26 Å². The maximum absolute atomic E-state index is 13.7. The fraction of sp³-hybridized carbons (Fsp3) is 0.167. The van der Waals surface area contributed by atoms with Gasteiger partial charge in [-0.2, -0.15) is 5.10 Å². The summed E-state index contributed by atoms with van der Waals surface area (Å²) >= 11 is 0. The summed E-state index contributed by atoms with van der Waals surface area (Å²) in [7, 11) is -3.20. The number of benzene rings is 2. The summed E-state index contributed by atoms with van der Waals surface area (Å²) in [6, 6.07) is 11.4. The lowest BCUT2D eigenvalue weighted by Crippen LogP contribution is -2.01. The monoisotopic (exact) mass is 359 g/mol. The molecule has 1 heterocycles.